The standard InChI is InChI=1S/C18H12N4O3S/c23-17(12-5-7-13(8-6-12)22(24)25)19-15-4-2-1-3-14(15)16-11-21-9-10-26-18(21)20-16/h1-11H,(H,19,23). The average Bonchev–Trinajstić information content (AvgIpc) is 3.24. The largest absolute Gasteiger partial charge is 0.321 e. The SMILES string of the molecule is O=C(Nc1ccccc1-c1cn2ccsc2n1)c1ccc([N+](=O)[O-])cc1. The van der Waals surface area contributed by atoms with Crippen LogP contribution in [0.3, 0.4) is 0 Å². The molecule has 0 unspecified atom stereocenters. The number of hydrogen-bond acceptors (Lipinski definition) is 5. The van der Waals surface area contributed by atoms with Gasteiger partial charge in [-0.3, -0.25) is 19.3 Å². The molecule has 2 aromatic heterocycles. The second-order valence-electron chi connectivity index (χ2n) is 5.52. The molecule has 26 heavy (non-hydrogen) atoms. The van der Waals surface area contributed by atoms with Crippen molar-refractivity contribution in [2.45, 2.75) is 0 Å². The van der Waals surface area contributed by atoms with Gasteiger partial charge in [-0.25, -0.2) is 4.98 Å². The molecule has 0 aliphatic carbocycles. The number of thiazole rings is 1. The van der Waals surface area contributed by atoms with Gasteiger partial charge in [-0.1, -0.05) is 18.2 Å². The van der Waals surface area contributed by atoms with Crippen LogP contribution in [-0.4, -0.2) is 20.2 Å². The zero-order chi connectivity index (χ0) is 18.1. The Balaban J connectivity index is 1.63. The minimum absolute atomic E-state index is 0.0555. The molecule has 0 atom stereocenters. The Labute approximate surface area is 151 Å². The molecule has 4 rings (SSSR count). The number of nitro benzene ring substituents is 1. The van der Waals surface area contributed by atoms with E-state index < -0.39 is 4.92 Å². The molecule has 128 valence electrons. The minimum atomic E-state index is -0.499. The minimum Gasteiger partial charge on any atom is -0.321 e. The molecule has 0 aliphatic rings. The second kappa shape index (κ2) is 6.41. The Kier molecular flexibility index (Phi) is 3.94. The van der Waals surface area contributed by atoms with Crippen molar-refractivity contribution in [1.82, 2.24) is 9.38 Å². The van der Waals surface area contributed by atoms with Crippen molar-refractivity contribution in [3.8, 4) is 11.3 Å². The molecule has 0 spiro atoms. The van der Waals surface area contributed by atoms with Gasteiger partial charge in [0.15, 0.2) is 4.96 Å². The van der Waals surface area contributed by atoms with Crippen LogP contribution in [0.25, 0.3) is 16.2 Å². The monoisotopic (exact) mass is 364 g/mol. The van der Waals surface area contributed by atoms with Gasteiger partial charge in [0.2, 0.25) is 0 Å². The number of imidazole rings is 1. The fraction of sp³-hybridized carbons (Fsp3) is 0. The zero-order valence-corrected chi connectivity index (χ0v) is 14.1. The van der Waals surface area contributed by atoms with Crippen LogP contribution in [0.4, 0.5) is 11.4 Å². The molecule has 0 aliphatic heterocycles. The number of hydrogen-bond donors (Lipinski definition) is 1. The first-order valence-electron chi connectivity index (χ1n) is 7.69. The summed E-state index contributed by atoms with van der Waals surface area (Å²) in [5, 5.41) is 15.5. The van der Waals surface area contributed by atoms with Crippen LogP contribution in [-0.2, 0) is 0 Å². The number of benzene rings is 2. The van der Waals surface area contributed by atoms with Gasteiger partial charge in [0, 0.05) is 41.0 Å². The summed E-state index contributed by atoms with van der Waals surface area (Å²) in [4.78, 5) is 28.2. The van der Waals surface area contributed by atoms with Crippen molar-refractivity contribution in [2.24, 2.45) is 0 Å². The van der Waals surface area contributed by atoms with Crippen molar-refractivity contribution in [3.05, 3.63) is 82.0 Å². The highest BCUT2D eigenvalue weighted by molar-refractivity contribution is 7.15. The Bertz CT molecular complexity index is 1090. The maximum atomic E-state index is 12.5. The molecule has 2 aromatic carbocycles. The lowest BCUT2D eigenvalue weighted by Crippen LogP contribution is -2.12. The number of fused-ring (bicyclic) bond motifs is 1. The van der Waals surface area contributed by atoms with Crippen LogP contribution in [0, 0.1) is 10.1 Å². The number of anilines is 1. The molecule has 0 bridgehead atoms. The molecule has 0 fully saturated rings. The van der Waals surface area contributed by atoms with Gasteiger partial charge in [-0.05, 0) is 18.2 Å². The summed E-state index contributed by atoms with van der Waals surface area (Å²) in [7, 11) is 0. The highest BCUT2D eigenvalue weighted by atomic mass is 32.1. The summed E-state index contributed by atoms with van der Waals surface area (Å²) < 4.78 is 1.93. The molecular formula is C18H12N4O3S. The lowest BCUT2D eigenvalue weighted by Gasteiger charge is -2.09. The van der Waals surface area contributed by atoms with E-state index in [1.165, 1.54) is 35.6 Å². The summed E-state index contributed by atoms with van der Waals surface area (Å²) in [6, 6.07) is 12.9. The van der Waals surface area contributed by atoms with E-state index in [1.807, 2.05) is 40.4 Å². The summed E-state index contributed by atoms with van der Waals surface area (Å²) in [6.07, 6.45) is 3.83. The number of amides is 1. The quantitative estimate of drug-likeness (QED) is 0.433. The van der Waals surface area contributed by atoms with Gasteiger partial charge in [-0.15, -0.1) is 11.3 Å². The fourth-order valence-electron chi connectivity index (χ4n) is 2.60. The molecule has 2 heterocycles. The molecule has 0 radical (unpaired) electrons. The van der Waals surface area contributed by atoms with Crippen molar-refractivity contribution in [3.63, 3.8) is 0 Å². The normalized spacial score (nSPS) is 10.8. The molecule has 1 amide bonds. The number of para-hydroxylation sites is 1. The van der Waals surface area contributed by atoms with Crippen LogP contribution in [0.2, 0.25) is 0 Å². The summed E-state index contributed by atoms with van der Waals surface area (Å²) in [6.45, 7) is 0. The molecule has 7 nitrogen and oxygen atoms in total. The van der Waals surface area contributed by atoms with Crippen molar-refractivity contribution in [1.29, 1.82) is 0 Å². The van der Waals surface area contributed by atoms with E-state index >= 15 is 0 Å². The third kappa shape index (κ3) is 2.93. The Morgan fingerprint density at radius 3 is 2.65 bits per heavy atom. The first-order valence-corrected chi connectivity index (χ1v) is 8.57. The molecule has 1 N–H and O–H groups in total. The number of carbonyl (C=O) groups is 1. The molecule has 0 saturated heterocycles. The van der Waals surface area contributed by atoms with Crippen LogP contribution < -0.4 is 5.32 Å². The summed E-state index contributed by atoms with van der Waals surface area (Å²) in [5.74, 6) is -0.339. The van der Waals surface area contributed by atoms with E-state index in [4.69, 9.17) is 0 Å². The predicted octanol–water partition coefficient (Wildman–Crippen LogP) is 4.22. The van der Waals surface area contributed by atoms with E-state index in [0.717, 1.165) is 16.2 Å². The number of aromatic nitrogens is 2. The van der Waals surface area contributed by atoms with Crippen molar-refractivity contribution in [2.75, 3.05) is 5.32 Å². The van der Waals surface area contributed by atoms with Crippen LogP contribution in [0.15, 0.2) is 66.3 Å². The Morgan fingerprint density at radius 1 is 1.15 bits per heavy atom. The van der Waals surface area contributed by atoms with Crippen LogP contribution in [0.1, 0.15) is 10.4 Å². The van der Waals surface area contributed by atoms with Crippen LogP contribution >= 0.6 is 11.3 Å². The second-order valence-corrected chi connectivity index (χ2v) is 6.40. The Morgan fingerprint density at radius 2 is 1.92 bits per heavy atom. The third-order valence-corrected chi connectivity index (χ3v) is 4.66. The van der Waals surface area contributed by atoms with Gasteiger partial charge >= 0.3 is 0 Å². The fourth-order valence-corrected chi connectivity index (χ4v) is 3.30. The number of nitro groups is 1. The average molecular weight is 364 g/mol. The van der Waals surface area contributed by atoms with E-state index in [0.29, 0.717) is 11.3 Å². The van der Waals surface area contributed by atoms with E-state index in [2.05, 4.69) is 10.3 Å². The third-order valence-electron chi connectivity index (χ3n) is 3.88. The number of nitrogens with zero attached hydrogens (tertiary/aromatic N) is 3. The maximum absolute atomic E-state index is 12.5. The lowest BCUT2D eigenvalue weighted by molar-refractivity contribution is -0.384. The highest BCUT2D eigenvalue weighted by Gasteiger charge is 2.14. The van der Waals surface area contributed by atoms with Crippen LogP contribution in [0.5, 0.6) is 0 Å². The van der Waals surface area contributed by atoms with Gasteiger partial charge in [-0.2, -0.15) is 0 Å². The highest BCUT2D eigenvalue weighted by Crippen LogP contribution is 2.29. The van der Waals surface area contributed by atoms with Gasteiger partial charge in [0.25, 0.3) is 11.6 Å². The molecule has 8 heteroatoms. The maximum Gasteiger partial charge on any atom is 0.269 e. The summed E-state index contributed by atoms with van der Waals surface area (Å²) >= 11 is 1.53. The first-order chi connectivity index (χ1) is 12.6. The molecular weight excluding hydrogens is 352 g/mol. The summed E-state index contributed by atoms with van der Waals surface area (Å²) in [5.41, 5.74) is 2.48. The van der Waals surface area contributed by atoms with E-state index in [9.17, 15) is 14.9 Å². The number of rotatable bonds is 4. The van der Waals surface area contributed by atoms with E-state index in [-0.39, 0.29) is 11.6 Å². The predicted molar refractivity (Wildman–Crippen MR) is 99.6 cm³/mol. The number of non-ortho nitro benzene ring substituents is 1. The Hall–Kier alpha value is -3.52. The molecule has 4 aromatic rings. The molecule has 0 saturated carbocycles. The smallest absolute Gasteiger partial charge is 0.269 e. The van der Waals surface area contributed by atoms with Gasteiger partial charge in [0.1, 0.15) is 0 Å². The van der Waals surface area contributed by atoms with Gasteiger partial charge in [0.05, 0.1) is 16.3 Å². The zero-order valence-electron chi connectivity index (χ0n) is 13.3. The number of nitrogens with one attached hydrogen (secondary N) is 1. The first kappa shape index (κ1) is 16.0. The van der Waals surface area contributed by atoms with E-state index in [1.54, 1.807) is 6.07 Å². The van der Waals surface area contributed by atoms with Crippen molar-refractivity contribution >= 4 is 33.6 Å². The van der Waals surface area contributed by atoms with Crippen molar-refractivity contribution < 1.29 is 9.72 Å². The lowest BCUT2D eigenvalue weighted by atomic mass is 10.1. The number of carbonyl (C=O) groups excluding carboxylic acids is 1. The van der Waals surface area contributed by atoms with Gasteiger partial charge < -0.3 is 5.32 Å². The topological polar surface area (TPSA) is 89.5 Å².